The van der Waals surface area contributed by atoms with Crippen LogP contribution in [0.2, 0.25) is 0 Å². The van der Waals surface area contributed by atoms with E-state index in [0.29, 0.717) is 6.42 Å². The molecule has 1 saturated carbocycles. The summed E-state index contributed by atoms with van der Waals surface area (Å²) in [6, 6.07) is 11.3. The van der Waals surface area contributed by atoms with Crippen LogP contribution in [-0.2, 0) is 4.79 Å². The maximum absolute atomic E-state index is 11.7. The fourth-order valence-electron chi connectivity index (χ4n) is 2.55. The van der Waals surface area contributed by atoms with Crippen molar-refractivity contribution < 1.29 is 29.1 Å². The second-order valence-electron chi connectivity index (χ2n) is 5.88. The molecule has 0 unspecified atom stereocenters. The van der Waals surface area contributed by atoms with Gasteiger partial charge in [0.15, 0.2) is 0 Å². The van der Waals surface area contributed by atoms with Gasteiger partial charge in [-0.25, -0.2) is 4.79 Å². The second-order valence-corrected chi connectivity index (χ2v) is 5.88. The van der Waals surface area contributed by atoms with Gasteiger partial charge in [-0.15, -0.1) is 0 Å². The smallest absolute Gasteiger partial charge is 0.480 e. The first-order chi connectivity index (χ1) is 12.3. The molecular weight excluding hydrogens is 344 g/mol. The number of carbonyl (C=O) groups excluding carboxylic acids is 1. The van der Waals surface area contributed by atoms with Gasteiger partial charge in [-0.1, -0.05) is 12.1 Å². The number of rotatable bonds is 5. The Hall–Kier alpha value is -3.46. The van der Waals surface area contributed by atoms with Gasteiger partial charge in [0, 0.05) is 18.1 Å². The van der Waals surface area contributed by atoms with Crippen LogP contribution in [0.5, 0.6) is 11.5 Å². The standard InChI is InChI=1S/C17H14N2O7/c18-17(15(20)21)9-14(17)10-1-5-12(6-2-10)25-16(22)26-13-7-3-11(4-8-13)19(23)24/h1-8,14H,9,18H2,(H,20,21)/t14-,17-/m1/s1. The molecule has 9 nitrogen and oxygen atoms in total. The highest BCUT2D eigenvalue weighted by molar-refractivity contribution is 5.85. The van der Waals surface area contributed by atoms with Crippen LogP contribution < -0.4 is 15.2 Å². The van der Waals surface area contributed by atoms with Crippen molar-refractivity contribution in [3.05, 3.63) is 64.2 Å². The van der Waals surface area contributed by atoms with E-state index in [-0.39, 0.29) is 23.1 Å². The SMILES string of the molecule is N[C@]1(C(=O)O)C[C@@H]1c1ccc(OC(=O)Oc2ccc([N+](=O)[O-])cc2)cc1. The maximum atomic E-state index is 11.7. The average molecular weight is 358 g/mol. The molecule has 134 valence electrons. The third kappa shape index (κ3) is 3.47. The van der Waals surface area contributed by atoms with Crippen molar-refractivity contribution in [3.63, 3.8) is 0 Å². The molecule has 0 radical (unpaired) electrons. The van der Waals surface area contributed by atoms with Gasteiger partial charge in [0.1, 0.15) is 17.0 Å². The molecule has 9 heteroatoms. The molecule has 2 aromatic carbocycles. The van der Waals surface area contributed by atoms with Gasteiger partial charge < -0.3 is 20.3 Å². The Bertz CT molecular complexity index is 864. The normalized spacial score (nSPS) is 20.9. The van der Waals surface area contributed by atoms with E-state index in [9.17, 15) is 19.7 Å². The van der Waals surface area contributed by atoms with Gasteiger partial charge in [0.2, 0.25) is 0 Å². The summed E-state index contributed by atoms with van der Waals surface area (Å²) < 4.78 is 9.93. The van der Waals surface area contributed by atoms with Crippen molar-refractivity contribution in [2.24, 2.45) is 5.73 Å². The summed E-state index contributed by atoms with van der Waals surface area (Å²) in [6.07, 6.45) is -0.651. The first-order valence-corrected chi connectivity index (χ1v) is 7.56. The molecule has 3 N–H and O–H groups in total. The number of non-ortho nitro benzene ring substituents is 1. The van der Waals surface area contributed by atoms with Crippen molar-refractivity contribution in [2.45, 2.75) is 17.9 Å². The lowest BCUT2D eigenvalue weighted by molar-refractivity contribution is -0.384. The predicted octanol–water partition coefficient (Wildman–Crippen LogP) is 2.44. The molecule has 0 saturated heterocycles. The van der Waals surface area contributed by atoms with Crippen molar-refractivity contribution >= 4 is 17.8 Å². The lowest BCUT2D eigenvalue weighted by Crippen LogP contribution is -2.34. The molecule has 2 atom stereocenters. The minimum absolute atomic E-state index is 0.101. The maximum Gasteiger partial charge on any atom is 0.519 e. The molecule has 1 aliphatic rings. The molecule has 2 aromatic rings. The Morgan fingerprint density at radius 2 is 1.58 bits per heavy atom. The van der Waals surface area contributed by atoms with Crippen LogP contribution in [0.15, 0.2) is 48.5 Å². The summed E-state index contributed by atoms with van der Waals surface area (Å²) in [6.45, 7) is 0. The summed E-state index contributed by atoms with van der Waals surface area (Å²) in [7, 11) is 0. The number of carboxylic acids is 1. The second kappa shape index (κ2) is 6.45. The summed E-state index contributed by atoms with van der Waals surface area (Å²) in [5.41, 5.74) is 5.13. The van der Waals surface area contributed by atoms with Crippen LogP contribution in [0.1, 0.15) is 17.9 Å². The first kappa shape index (κ1) is 17.4. The van der Waals surface area contributed by atoms with Crippen LogP contribution in [0.4, 0.5) is 10.5 Å². The Morgan fingerprint density at radius 3 is 2.00 bits per heavy atom. The zero-order valence-corrected chi connectivity index (χ0v) is 13.3. The largest absolute Gasteiger partial charge is 0.519 e. The number of hydrogen-bond donors (Lipinski definition) is 2. The van der Waals surface area contributed by atoms with Crippen molar-refractivity contribution in [3.8, 4) is 11.5 Å². The third-order valence-corrected chi connectivity index (χ3v) is 4.13. The Labute approximate surface area is 147 Å². The Morgan fingerprint density at radius 1 is 1.08 bits per heavy atom. The number of nitrogens with zero attached hydrogens (tertiary/aromatic N) is 1. The minimum Gasteiger partial charge on any atom is -0.480 e. The van der Waals surface area contributed by atoms with E-state index in [2.05, 4.69) is 0 Å². The van der Waals surface area contributed by atoms with E-state index in [1.54, 1.807) is 12.1 Å². The molecule has 26 heavy (non-hydrogen) atoms. The van der Waals surface area contributed by atoms with Gasteiger partial charge in [0.25, 0.3) is 5.69 Å². The zero-order chi connectivity index (χ0) is 18.9. The first-order valence-electron chi connectivity index (χ1n) is 7.56. The monoisotopic (exact) mass is 358 g/mol. The Kier molecular flexibility index (Phi) is 4.31. The van der Waals surface area contributed by atoms with Crippen LogP contribution in [0, 0.1) is 10.1 Å². The molecule has 1 fully saturated rings. The van der Waals surface area contributed by atoms with Gasteiger partial charge in [-0.2, -0.15) is 0 Å². The number of ether oxygens (including phenoxy) is 2. The Balaban J connectivity index is 1.58. The molecule has 0 spiro atoms. The fourth-order valence-corrected chi connectivity index (χ4v) is 2.55. The van der Waals surface area contributed by atoms with E-state index in [1.807, 2.05) is 0 Å². The number of nitrogens with two attached hydrogens (primary N) is 1. The summed E-state index contributed by atoms with van der Waals surface area (Å²) >= 11 is 0. The highest BCUT2D eigenvalue weighted by atomic mass is 16.7. The number of nitro groups is 1. The zero-order valence-electron chi connectivity index (χ0n) is 13.3. The molecule has 0 heterocycles. The summed E-state index contributed by atoms with van der Waals surface area (Å²) in [5, 5.41) is 19.6. The van der Waals surface area contributed by atoms with Crippen LogP contribution >= 0.6 is 0 Å². The number of carbonyl (C=O) groups is 2. The highest BCUT2D eigenvalue weighted by Crippen LogP contribution is 2.49. The topological polar surface area (TPSA) is 142 Å². The number of benzene rings is 2. The van der Waals surface area contributed by atoms with Crippen LogP contribution in [-0.4, -0.2) is 27.7 Å². The number of carboxylic acid groups (broad SMARTS) is 1. The van der Waals surface area contributed by atoms with Gasteiger partial charge in [-0.3, -0.25) is 14.9 Å². The minimum atomic E-state index is -1.24. The average Bonchev–Trinajstić information content (AvgIpc) is 3.29. The molecular formula is C17H14N2O7. The van der Waals surface area contributed by atoms with Crippen molar-refractivity contribution in [2.75, 3.05) is 0 Å². The van der Waals surface area contributed by atoms with E-state index >= 15 is 0 Å². The highest BCUT2D eigenvalue weighted by Gasteiger charge is 2.58. The van der Waals surface area contributed by atoms with Crippen LogP contribution in [0.25, 0.3) is 0 Å². The molecule has 0 aliphatic heterocycles. The molecule has 0 aromatic heterocycles. The van der Waals surface area contributed by atoms with E-state index < -0.39 is 22.6 Å². The fraction of sp³-hybridized carbons (Fsp3) is 0.176. The molecule has 0 amide bonds. The van der Waals surface area contributed by atoms with E-state index in [1.165, 1.54) is 36.4 Å². The van der Waals surface area contributed by atoms with Crippen LogP contribution in [0.3, 0.4) is 0 Å². The number of hydrogen-bond acceptors (Lipinski definition) is 7. The predicted molar refractivity (Wildman–Crippen MR) is 88.1 cm³/mol. The quantitative estimate of drug-likeness (QED) is 0.359. The number of nitro benzene ring substituents is 1. The van der Waals surface area contributed by atoms with Crippen molar-refractivity contribution in [1.82, 2.24) is 0 Å². The van der Waals surface area contributed by atoms with E-state index in [0.717, 1.165) is 5.56 Å². The molecule has 1 aliphatic carbocycles. The lowest BCUT2D eigenvalue weighted by Gasteiger charge is -2.08. The van der Waals surface area contributed by atoms with Gasteiger partial charge in [0.05, 0.1) is 4.92 Å². The van der Waals surface area contributed by atoms with Gasteiger partial charge >= 0.3 is 12.1 Å². The third-order valence-electron chi connectivity index (χ3n) is 4.13. The van der Waals surface area contributed by atoms with E-state index in [4.69, 9.17) is 20.3 Å². The summed E-state index contributed by atoms with van der Waals surface area (Å²) in [4.78, 5) is 32.8. The van der Waals surface area contributed by atoms with Crippen molar-refractivity contribution in [1.29, 1.82) is 0 Å². The lowest BCUT2D eigenvalue weighted by atomic mass is 10.1. The van der Waals surface area contributed by atoms with Gasteiger partial charge in [-0.05, 0) is 36.2 Å². The molecule has 0 bridgehead atoms. The number of aliphatic carboxylic acids is 1. The molecule has 3 rings (SSSR count). The summed E-state index contributed by atoms with van der Waals surface area (Å²) in [5.74, 6) is -1.01.